The van der Waals surface area contributed by atoms with Crippen LogP contribution in [-0.2, 0) is 6.18 Å². The van der Waals surface area contributed by atoms with E-state index in [4.69, 9.17) is 11.6 Å². The molecule has 1 N–H and O–H groups in total. The van der Waals surface area contributed by atoms with Crippen LogP contribution in [0, 0.1) is 5.92 Å². The van der Waals surface area contributed by atoms with E-state index in [-0.39, 0.29) is 17.0 Å². The molecule has 4 heterocycles. The highest BCUT2D eigenvalue weighted by Gasteiger charge is 2.35. The fourth-order valence-corrected chi connectivity index (χ4v) is 3.26. The van der Waals surface area contributed by atoms with E-state index < -0.39 is 11.7 Å². The largest absolute Gasteiger partial charge is 0.416 e. The topological polar surface area (TPSA) is 28.2 Å². The third-order valence-electron chi connectivity index (χ3n) is 4.11. The van der Waals surface area contributed by atoms with Gasteiger partial charge in [-0.2, -0.15) is 13.2 Å². The number of piperidine rings is 3. The number of pyridine rings is 1. The minimum Gasteiger partial charge on any atom is -0.366 e. The second kappa shape index (κ2) is 5.07. The second-order valence-corrected chi connectivity index (χ2v) is 5.84. The van der Waals surface area contributed by atoms with Crippen molar-refractivity contribution in [3.63, 3.8) is 0 Å². The number of alkyl halides is 3. The van der Waals surface area contributed by atoms with E-state index in [2.05, 4.69) is 15.2 Å². The minimum absolute atomic E-state index is 0.136. The zero-order chi connectivity index (χ0) is 14.3. The van der Waals surface area contributed by atoms with Gasteiger partial charge in [-0.25, -0.2) is 4.98 Å². The van der Waals surface area contributed by atoms with Crippen LogP contribution in [-0.4, -0.2) is 35.6 Å². The number of aromatic nitrogens is 1. The Labute approximate surface area is 120 Å². The van der Waals surface area contributed by atoms with Crippen LogP contribution in [0.4, 0.5) is 19.0 Å². The molecule has 1 aromatic heterocycles. The van der Waals surface area contributed by atoms with Crippen molar-refractivity contribution in [2.45, 2.75) is 25.1 Å². The number of nitrogens with zero attached hydrogens (tertiary/aromatic N) is 2. The van der Waals surface area contributed by atoms with Crippen molar-refractivity contribution < 1.29 is 13.2 Å². The van der Waals surface area contributed by atoms with Gasteiger partial charge in [-0.1, -0.05) is 11.6 Å². The molecule has 0 amide bonds. The molecule has 3 saturated heterocycles. The summed E-state index contributed by atoms with van der Waals surface area (Å²) in [6.07, 6.45) is -2.23. The van der Waals surface area contributed by atoms with Crippen LogP contribution in [0.25, 0.3) is 0 Å². The maximum absolute atomic E-state index is 12.8. The van der Waals surface area contributed by atoms with Gasteiger partial charge in [-0.15, -0.1) is 0 Å². The Kier molecular flexibility index (Phi) is 3.54. The van der Waals surface area contributed by atoms with Crippen molar-refractivity contribution in [2.24, 2.45) is 5.92 Å². The number of halogens is 4. The molecule has 1 unspecified atom stereocenters. The fraction of sp³-hybridized carbons (Fsp3) is 0.615. The molecule has 1 atom stereocenters. The molecule has 3 fully saturated rings. The second-order valence-electron chi connectivity index (χ2n) is 5.45. The summed E-state index contributed by atoms with van der Waals surface area (Å²) in [6, 6.07) is 2.04. The minimum atomic E-state index is -4.40. The standard InChI is InChI=1S/C13H15ClF3N3/c14-11-5-9(13(15,16)17)6-12(19-11)18-10-7-20-3-1-8(10)2-4-20/h5-6,8,10H,1-4,7H2,(H,18,19). The molecule has 7 heteroatoms. The Hall–Kier alpha value is -1.01. The van der Waals surface area contributed by atoms with Gasteiger partial charge in [0.25, 0.3) is 0 Å². The van der Waals surface area contributed by atoms with Crippen LogP contribution in [0.15, 0.2) is 12.1 Å². The summed E-state index contributed by atoms with van der Waals surface area (Å²) < 4.78 is 38.3. The van der Waals surface area contributed by atoms with Crippen molar-refractivity contribution >= 4 is 17.4 Å². The molecule has 4 rings (SSSR count). The molecule has 20 heavy (non-hydrogen) atoms. The fourth-order valence-electron chi connectivity index (χ4n) is 3.05. The number of hydrogen-bond acceptors (Lipinski definition) is 3. The molecule has 110 valence electrons. The summed E-state index contributed by atoms with van der Waals surface area (Å²) in [5.41, 5.74) is -0.763. The Bertz CT molecular complexity index is 498. The van der Waals surface area contributed by atoms with Gasteiger partial charge in [0, 0.05) is 12.6 Å². The quantitative estimate of drug-likeness (QED) is 0.850. The summed E-state index contributed by atoms with van der Waals surface area (Å²) in [5.74, 6) is 0.721. The van der Waals surface area contributed by atoms with Crippen molar-refractivity contribution in [1.29, 1.82) is 0 Å². The summed E-state index contributed by atoms with van der Waals surface area (Å²) in [4.78, 5) is 6.29. The van der Waals surface area contributed by atoms with E-state index in [9.17, 15) is 13.2 Å². The van der Waals surface area contributed by atoms with Gasteiger partial charge < -0.3 is 10.2 Å². The maximum Gasteiger partial charge on any atom is 0.416 e. The Balaban J connectivity index is 1.79. The van der Waals surface area contributed by atoms with Gasteiger partial charge in [-0.3, -0.25) is 0 Å². The molecule has 0 spiro atoms. The third kappa shape index (κ3) is 2.86. The van der Waals surface area contributed by atoms with Crippen molar-refractivity contribution in [3.8, 4) is 0 Å². The first-order chi connectivity index (χ1) is 9.41. The van der Waals surface area contributed by atoms with Crippen LogP contribution in [0.5, 0.6) is 0 Å². The van der Waals surface area contributed by atoms with Crippen molar-refractivity contribution in [2.75, 3.05) is 25.0 Å². The molecule has 3 aliphatic heterocycles. The first kappa shape index (κ1) is 13.9. The summed E-state index contributed by atoms with van der Waals surface area (Å²) >= 11 is 5.69. The molecule has 3 nitrogen and oxygen atoms in total. The highest BCUT2D eigenvalue weighted by molar-refractivity contribution is 6.29. The molecular weight excluding hydrogens is 291 g/mol. The summed E-state index contributed by atoms with van der Waals surface area (Å²) in [7, 11) is 0. The molecule has 2 bridgehead atoms. The lowest BCUT2D eigenvalue weighted by molar-refractivity contribution is -0.137. The lowest BCUT2D eigenvalue weighted by atomic mass is 9.84. The zero-order valence-corrected chi connectivity index (χ0v) is 11.5. The Morgan fingerprint density at radius 3 is 2.50 bits per heavy atom. The van der Waals surface area contributed by atoms with E-state index >= 15 is 0 Å². The molecule has 0 radical (unpaired) electrons. The van der Waals surface area contributed by atoms with Gasteiger partial charge in [0.2, 0.25) is 0 Å². The van der Waals surface area contributed by atoms with Gasteiger partial charge in [0.1, 0.15) is 11.0 Å². The van der Waals surface area contributed by atoms with E-state index in [0.29, 0.717) is 5.92 Å². The van der Waals surface area contributed by atoms with Crippen LogP contribution < -0.4 is 5.32 Å². The first-order valence-electron chi connectivity index (χ1n) is 6.65. The predicted molar refractivity (Wildman–Crippen MR) is 70.8 cm³/mol. The molecule has 0 aliphatic carbocycles. The predicted octanol–water partition coefficient (Wildman–Crippen LogP) is 3.26. The van der Waals surface area contributed by atoms with Gasteiger partial charge in [0.05, 0.1) is 5.56 Å². The lowest BCUT2D eigenvalue weighted by Crippen LogP contribution is -2.53. The Morgan fingerprint density at radius 2 is 1.95 bits per heavy atom. The number of anilines is 1. The molecular formula is C13H15ClF3N3. The zero-order valence-electron chi connectivity index (χ0n) is 10.8. The third-order valence-corrected chi connectivity index (χ3v) is 4.30. The van der Waals surface area contributed by atoms with E-state index in [0.717, 1.165) is 44.6 Å². The SMILES string of the molecule is FC(F)(F)c1cc(Cl)nc(NC2CN3CCC2CC3)c1. The van der Waals surface area contributed by atoms with Crippen LogP contribution >= 0.6 is 11.6 Å². The normalized spacial score (nSPS) is 29.5. The average molecular weight is 306 g/mol. The van der Waals surface area contributed by atoms with E-state index in [1.165, 1.54) is 0 Å². The number of rotatable bonds is 2. The molecule has 3 aliphatic rings. The number of fused-ring (bicyclic) bond motifs is 3. The van der Waals surface area contributed by atoms with Crippen molar-refractivity contribution in [1.82, 2.24) is 9.88 Å². The van der Waals surface area contributed by atoms with E-state index in [1.54, 1.807) is 0 Å². The van der Waals surface area contributed by atoms with Gasteiger partial charge in [-0.05, 0) is 44.0 Å². The lowest BCUT2D eigenvalue weighted by Gasteiger charge is -2.45. The molecule has 0 saturated carbocycles. The summed E-state index contributed by atoms with van der Waals surface area (Å²) in [5, 5.41) is 2.99. The monoisotopic (exact) mass is 305 g/mol. The highest BCUT2D eigenvalue weighted by Crippen LogP contribution is 2.34. The van der Waals surface area contributed by atoms with Gasteiger partial charge in [0.15, 0.2) is 0 Å². The van der Waals surface area contributed by atoms with E-state index in [1.807, 2.05) is 0 Å². The summed E-state index contributed by atoms with van der Waals surface area (Å²) in [6.45, 7) is 3.03. The number of nitrogens with one attached hydrogen (secondary N) is 1. The van der Waals surface area contributed by atoms with Crippen LogP contribution in [0.2, 0.25) is 5.15 Å². The van der Waals surface area contributed by atoms with Crippen LogP contribution in [0.3, 0.4) is 0 Å². The van der Waals surface area contributed by atoms with Crippen molar-refractivity contribution in [3.05, 3.63) is 22.8 Å². The highest BCUT2D eigenvalue weighted by atomic mass is 35.5. The number of hydrogen-bond donors (Lipinski definition) is 1. The molecule has 1 aromatic rings. The smallest absolute Gasteiger partial charge is 0.366 e. The maximum atomic E-state index is 12.8. The molecule has 0 aromatic carbocycles. The van der Waals surface area contributed by atoms with Crippen LogP contribution in [0.1, 0.15) is 18.4 Å². The average Bonchev–Trinajstić information content (AvgIpc) is 2.38. The first-order valence-corrected chi connectivity index (χ1v) is 7.03. The van der Waals surface area contributed by atoms with Gasteiger partial charge >= 0.3 is 6.18 Å². The Morgan fingerprint density at radius 1 is 1.25 bits per heavy atom.